The van der Waals surface area contributed by atoms with Crippen LogP contribution in [0.5, 0.6) is 0 Å². The molecule has 0 amide bonds. The first-order valence-corrected chi connectivity index (χ1v) is 12.2. The van der Waals surface area contributed by atoms with Gasteiger partial charge in [0.25, 0.3) is 0 Å². The Morgan fingerprint density at radius 3 is 2.18 bits per heavy atom. The number of aromatic amines is 1. The first-order valence-electron chi connectivity index (χ1n) is 12.2. The van der Waals surface area contributed by atoms with Crippen molar-refractivity contribution in [3.8, 4) is 11.1 Å². The maximum Gasteiger partial charge on any atom is 0.0468 e. The molecule has 0 fully saturated rings. The number of H-pyrrole nitrogens is 1. The molecule has 3 aliphatic carbocycles. The summed E-state index contributed by atoms with van der Waals surface area (Å²) in [6.45, 7) is 9.50. The second kappa shape index (κ2) is 6.17. The van der Waals surface area contributed by atoms with Gasteiger partial charge in [0.1, 0.15) is 0 Å². The van der Waals surface area contributed by atoms with Gasteiger partial charge in [0.2, 0.25) is 0 Å². The highest BCUT2D eigenvalue weighted by atomic mass is 14.7. The van der Waals surface area contributed by atoms with Gasteiger partial charge in [-0.05, 0) is 76.1 Å². The van der Waals surface area contributed by atoms with Crippen LogP contribution >= 0.6 is 0 Å². The fraction of sp³-hybridized carbons (Fsp3) is 0.250. The van der Waals surface area contributed by atoms with Crippen LogP contribution in [0.1, 0.15) is 62.8 Å². The van der Waals surface area contributed by atoms with E-state index in [4.69, 9.17) is 0 Å². The van der Waals surface area contributed by atoms with Gasteiger partial charge in [-0.1, -0.05) is 81.8 Å². The first kappa shape index (κ1) is 19.2. The predicted molar refractivity (Wildman–Crippen MR) is 141 cm³/mol. The Labute approximate surface area is 195 Å². The van der Waals surface area contributed by atoms with Crippen molar-refractivity contribution in [3.05, 3.63) is 101 Å². The second-order valence-electron chi connectivity index (χ2n) is 11.0. The normalized spacial score (nSPS) is 21.3. The smallest absolute Gasteiger partial charge is 0.0468 e. The zero-order valence-corrected chi connectivity index (χ0v) is 19.8. The highest BCUT2D eigenvalue weighted by molar-refractivity contribution is 6.11. The highest BCUT2D eigenvalue weighted by Gasteiger charge is 2.38. The Bertz CT molecular complexity index is 1600. The van der Waals surface area contributed by atoms with Crippen molar-refractivity contribution in [3.63, 3.8) is 0 Å². The number of hydrogen-bond acceptors (Lipinski definition) is 0. The molecule has 0 aliphatic heterocycles. The van der Waals surface area contributed by atoms with Gasteiger partial charge in [-0.25, -0.2) is 0 Å². The number of nitrogens with one attached hydrogen (secondary N) is 1. The topological polar surface area (TPSA) is 15.8 Å². The van der Waals surface area contributed by atoms with Crippen molar-refractivity contribution >= 4 is 27.4 Å². The molecule has 0 atom stereocenters. The third kappa shape index (κ3) is 2.38. The van der Waals surface area contributed by atoms with E-state index in [0.717, 1.165) is 12.8 Å². The summed E-state index contributed by atoms with van der Waals surface area (Å²) in [4.78, 5) is 3.80. The Balaban J connectivity index is 1.52. The molecule has 0 saturated carbocycles. The lowest BCUT2D eigenvalue weighted by molar-refractivity contribution is 0.609. The van der Waals surface area contributed by atoms with Crippen molar-refractivity contribution in [1.29, 1.82) is 0 Å². The van der Waals surface area contributed by atoms with E-state index in [2.05, 4.69) is 106 Å². The Hall–Kier alpha value is -3.32. The minimum atomic E-state index is 0.0258. The van der Waals surface area contributed by atoms with E-state index in [9.17, 15) is 0 Å². The second-order valence-corrected chi connectivity index (χ2v) is 11.0. The number of fused-ring (bicyclic) bond motifs is 8. The zero-order chi connectivity index (χ0) is 22.5. The van der Waals surface area contributed by atoms with E-state index in [1.807, 2.05) is 0 Å². The lowest BCUT2D eigenvalue weighted by Crippen LogP contribution is -2.17. The van der Waals surface area contributed by atoms with Gasteiger partial charge in [-0.2, -0.15) is 0 Å². The molecule has 1 aromatic heterocycles. The van der Waals surface area contributed by atoms with E-state index in [-0.39, 0.29) is 10.8 Å². The summed E-state index contributed by atoms with van der Waals surface area (Å²) in [6.07, 6.45) is 11.3. The monoisotopic (exact) mass is 427 g/mol. The van der Waals surface area contributed by atoms with Crippen LogP contribution in [0.4, 0.5) is 0 Å². The molecule has 1 heterocycles. The molecule has 4 aromatic rings. The van der Waals surface area contributed by atoms with Gasteiger partial charge in [0.15, 0.2) is 0 Å². The van der Waals surface area contributed by atoms with Crippen molar-refractivity contribution < 1.29 is 0 Å². The minimum Gasteiger partial charge on any atom is -0.354 e. The number of aromatic nitrogens is 1. The molecule has 3 aliphatic rings. The molecule has 3 aromatic carbocycles. The average molecular weight is 428 g/mol. The fourth-order valence-corrected chi connectivity index (χ4v) is 6.74. The number of allylic oxidation sites excluding steroid dienone is 6. The highest BCUT2D eigenvalue weighted by Crippen LogP contribution is 2.52. The molecule has 162 valence electrons. The van der Waals surface area contributed by atoms with Crippen LogP contribution < -0.4 is 0 Å². The minimum absolute atomic E-state index is 0.0258. The van der Waals surface area contributed by atoms with Crippen molar-refractivity contribution in [2.45, 2.75) is 51.4 Å². The van der Waals surface area contributed by atoms with Crippen molar-refractivity contribution in [2.24, 2.45) is 0 Å². The third-order valence-electron chi connectivity index (χ3n) is 8.55. The van der Waals surface area contributed by atoms with Gasteiger partial charge in [-0.15, -0.1) is 0 Å². The van der Waals surface area contributed by atoms with Crippen LogP contribution in [-0.2, 0) is 10.8 Å². The number of rotatable bonds is 0. The van der Waals surface area contributed by atoms with E-state index < -0.39 is 0 Å². The summed E-state index contributed by atoms with van der Waals surface area (Å²) in [5.41, 5.74) is 14.1. The average Bonchev–Trinajstić information content (AvgIpc) is 3.30. The molecule has 7 rings (SSSR count). The third-order valence-corrected chi connectivity index (χ3v) is 8.55. The van der Waals surface area contributed by atoms with Crippen LogP contribution in [0.25, 0.3) is 38.5 Å². The van der Waals surface area contributed by atoms with Crippen molar-refractivity contribution in [1.82, 2.24) is 4.98 Å². The van der Waals surface area contributed by atoms with Crippen LogP contribution in [0.3, 0.4) is 0 Å². The maximum absolute atomic E-state index is 3.80. The van der Waals surface area contributed by atoms with Crippen LogP contribution in [0.2, 0.25) is 0 Å². The van der Waals surface area contributed by atoms with Crippen LogP contribution in [0, 0.1) is 0 Å². The summed E-state index contributed by atoms with van der Waals surface area (Å²) >= 11 is 0. The van der Waals surface area contributed by atoms with Crippen LogP contribution in [0.15, 0.2) is 78.4 Å². The Morgan fingerprint density at radius 2 is 1.39 bits per heavy atom. The molecular formula is C32H29N. The Morgan fingerprint density at radius 1 is 0.697 bits per heavy atom. The van der Waals surface area contributed by atoms with E-state index >= 15 is 0 Å². The van der Waals surface area contributed by atoms with E-state index in [1.54, 1.807) is 5.57 Å². The quantitative estimate of drug-likeness (QED) is 0.289. The summed E-state index contributed by atoms with van der Waals surface area (Å²) < 4.78 is 0. The van der Waals surface area contributed by atoms with Gasteiger partial charge in [-0.3, -0.25) is 0 Å². The number of hydrogen-bond donors (Lipinski definition) is 1. The Kier molecular flexibility index (Phi) is 3.59. The molecule has 0 saturated heterocycles. The SMILES string of the molecule is CC1(C)C2=C(/C=C\C=C/CC2)c2cc3c(cc21)[nH]c1cc2c(cc13)-c1ccccc1C2(C)C. The summed E-state index contributed by atoms with van der Waals surface area (Å²) in [5, 5.41) is 2.67. The predicted octanol–water partition coefficient (Wildman–Crippen LogP) is 8.58. The molecule has 0 bridgehead atoms. The van der Waals surface area contributed by atoms with Gasteiger partial charge in [0.05, 0.1) is 0 Å². The summed E-state index contributed by atoms with van der Waals surface area (Å²) in [6, 6.07) is 18.7. The first-order chi connectivity index (χ1) is 15.9. The molecular weight excluding hydrogens is 398 g/mol. The molecule has 1 nitrogen and oxygen atoms in total. The maximum atomic E-state index is 3.80. The number of benzene rings is 3. The van der Waals surface area contributed by atoms with E-state index in [1.165, 1.54) is 60.8 Å². The molecule has 1 heteroatoms. The summed E-state index contributed by atoms with van der Waals surface area (Å²) in [5.74, 6) is 0. The van der Waals surface area contributed by atoms with Gasteiger partial charge >= 0.3 is 0 Å². The lowest BCUT2D eigenvalue weighted by atomic mass is 9.79. The molecule has 0 unspecified atom stereocenters. The van der Waals surface area contributed by atoms with Crippen molar-refractivity contribution in [2.75, 3.05) is 0 Å². The molecule has 33 heavy (non-hydrogen) atoms. The fourth-order valence-electron chi connectivity index (χ4n) is 6.74. The molecule has 0 radical (unpaired) electrons. The van der Waals surface area contributed by atoms with Crippen LogP contribution in [-0.4, -0.2) is 4.98 Å². The van der Waals surface area contributed by atoms with Gasteiger partial charge in [0, 0.05) is 32.6 Å². The lowest BCUT2D eigenvalue weighted by Gasteiger charge is -2.25. The summed E-state index contributed by atoms with van der Waals surface area (Å²) in [7, 11) is 0. The van der Waals surface area contributed by atoms with Gasteiger partial charge < -0.3 is 4.98 Å². The van der Waals surface area contributed by atoms with E-state index in [0.29, 0.717) is 0 Å². The largest absolute Gasteiger partial charge is 0.354 e. The zero-order valence-electron chi connectivity index (χ0n) is 19.8. The molecule has 0 spiro atoms. The standard InChI is InChI=1S/C32H29N/c1-31(2)25-13-8-6-5-7-11-19(25)21-15-23-24-16-22-20-12-9-10-14-26(20)32(3,4)28(22)18-30(24)33-29(23)17-27(21)31/h5-7,9-12,14-18,33H,8,13H2,1-4H3/b6-5-,11-7-. The molecule has 1 N–H and O–H groups in total.